The Morgan fingerprint density at radius 3 is 1.97 bits per heavy atom. The smallest absolute Gasteiger partial charge is 0.395 e. The minimum absolute atomic E-state index is 0.100. The molecule has 0 amide bonds. The van der Waals surface area contributed by atoms with Crippen LogP contribution in [0.3, 0.4) is 0 Å². The van der Waals surface area contributed by atoms with Gasteiger partial charge in [0.2, 0.25) is 0 Å². The van der Waals surface area contributed by atoms with E-state index in [1.807, 2.05) is 34.6 Å². The first-order chi connectivity index (χ1) is 17.8. The fourth-order valence-corrected chi connectivity index (χ4v) is 2.61. The topological polar surface area (TPSA) is 56.3 Å². The Labute approximate surface area is 217 Å². The second-order valence-electron chi connectivity index (χ2n) is 6.76. The van der Waals surface area contributed by atoms with Crippen molar-refractivity contribution in [1.29, 1.82) is 0 Å². The first kappa shape index (κ1) is 33.4. The summed E-state index contributed by atoms with van der Waals surface area (Å²) in [7, 11) is 0. The maximum Gasteiger partial charge on any atom is 0.586 e. The van der Waals surface area contributed by atoms with Crippen LogP contribution in [0.1, 0.15) is 60.5 Å². The van der Waals surface area contributed by atoms with Crippen LogP contribution < -0.4 is 14.8 Å². The molecule has 5 nitrogen and oxygen atoms in total. The molecule has 0 saturated carbocycles. The van der Waals surface area contributed by atoms with Crippen LogP contribution in [-0.4, -0.2) is 16.3 Å². The lowest BCUT2D eigenvalue weighted by Gasteiger charge is -2.09. The van der Waals surface area contributed by atoms with E-state index in [0.29, 0.717) is 0 Å². The van der Waals surface area contributed by atoms with Crippen molar-refractivity contribution in [3.05, 3.63) is 78.6 Å². The molecule has 0 atom stereocenters. The summed E-state index contributed by atoms with van der Waals surface area (Å²) in [5, 5.41) is 2.76. The Kier molecular flexibility index (Phi) is 16.0. The first-order valence-corrected chi connectivity index (χ1v) is 12.2. The van der Waals surface area contributed by atoms with Gasteiger partial charge in [0.05, 0.1) is 18.1 Å². The molecule has 0 unspecified atom stereocenters. The largest absolute Gasteiger partial charge is 0.586 e. The number of allylic oxidation sites excluding steroid dienone is 1. The molecular formula is C28H37F4N3O2. The van der Waals surface area contributed by atoms with Crippen molar-refractivity contribution in [2.45, 2.75) is 67.7 Å². The summed E-state index contributed by atoms with van der Waals surface area (Å²) < 4.78 is 62.7. The number of halogens is 4. The van der Waals surface area contributed by atoms with Crippen LogP contribution in [0.15, 0.2) is 61.4 Å². The lowest BCUT2D eigenvalue weighted by molar-refractivity contribution is -0.286. The fraction of sp³-hybridized carbons (Fsp3) is 0.357. The molecule has 2 aromatic carbocycles. The number of nitrogens with zero attached hydrogens (tertiary/aromatic N) is 2. The Hall–Kier alpha value is -3.62. The van der Waals surface area contributed by atoms with Gasteiger partial charge in [0.25, 0.3) is 0 Å². The van der Waals surface area contributed by atoms with Crippen LogP contribution in [0, 0.1) is 11.6 Å². The number of hydrogen-bond acceptors (Lipinski definition) is 5. The molecule has 1 N–H and O–H groups in total. The number of fused-ring (bicyclic) bond motifs is 1. The van der Waals surface area contributed by atoms with Gasteiger partial charge < -0.3 is 14.8 Å². The van der Waals surface area contributed by atoms with Crippen molar-refractivity contribution < 1.29 is 27.0 Å². The Morgan fingerprint density at radius 1 is 0.919 bits per heavy atom. The van der Waals surface area contributed by atoms with Crippen LogP contribution >= 0.6 is 0 Å². The fourth-order valence-electron chi connectivity index (χ4n) is 2.61. The van der Waals surface area contributed by atoms with Crippen molar-refractivity contribution in [2.24, 2.45) is 0 Å². The summed E-state index contributed by atoms with van der Waals surface area (Å²) in [6.45, 7) is 17.4. The molecule has 9 heteroatoms. The number of benzene rings is 2. The average Bonchev–Trinajstić information content (AvgIpc) is 3.21. The highest BCUT2D eigenvalue weighted by molar-refractivity contribution is 5.71. The van der Waals surface area contributed by atoms with Crippen molar-refractivity contribution in [1.82, 2.24) is 9.97 Å². The quantitative estimate of drug-likeness (QED) is 0.273. The second-order valence-corrected chi connectivity index (χ2v) is 6.76. The van der Waals surface area contributed by atoms with E-state index in [1.165, 1.54) is 43.1 Å². The third-order valence-corrected chi connectivity index (χ3v) is 3.86. The van der Waals surface area contributed by atoms with Gasteiger partial charge in [0, 0.05) is 17.7 Å². The lowest BCUT2D eigenvalue weighted by Crippen LogP contribution is -2.26. The summed E-state index contributed by atoms with van der Waals surface area (Å²) in [6.07, 6.45) is 1.91. The van der Waals surface area contributed by atoms with Crippen LogP contribution in [0.25, 0.3) is 11.3 Å². The monoisotopic (exact) mass is 523 g/mol. The number of rotatable bonds is 4. The number of alkyl halides is 2. The van der Waals surface area contributed by atoms with E-state index >= 15 is 0 Å². The van der Waals surface area contributed by atoms with Crippen LogP contribution in [0.2, 0.25) is 0 Å². The second kappa shape index (κ2) is 17.8. The summed E-state index contributed by atoms with van der Waals surface area (Å²) in [6, 6.07) is 8.00. The lowest BCUT2D eigenvalue weighted by atomic mass is 10.1. The number of anilines is 1. The highest BCUT2D eigenvalue weighted by atomic mass is 19.3. The normalized spacial score (nSPS) is 11.5. The molecule has 0 bridgehead atoms. The van der Waals surface area contributed by atoms with Gasteiger partial charge in [-0.1, -0.05) is 66.2 Å². The Morgan fingerprint density at radius 2 is 1.46 bits per heavy atom. The SMILES string of the molecule is C=CC.CC.CC.CCC.Fc1cccc(F)c1CNc1cnc(-c2cccc3c2OC(F)(F)O3)cn1. The van der Waals surface area contributed by atoms with Gasteiger partial charge in [-0.2, -0.15) is 0 Å². The molecule has 204 valence electrons. The van der Waals surface area contributed by atoms with Gasteiger partial charge in [-0.05, 0) is 31.2 Å². The molecule has 1 aliphatic heterocycles. The van der Waals surface area contributed by atoms with Crippen LogP contribution in [-0.2, 0) is 6.54 Å². The predicted octanol–water partition coefficient (Wildman–Crippen LogP) is 9.02. The number of ether oxygens (including phenoxy) is 2. The molecule has 0 fully saturated rings. The highest BCUT2D eigenvalue weighted by Gasteiger charge is 2.44. The summed E-state index contributed by atoms with van der Waals surface area (Å²) in [4.78, 5) is 8.23. The van der Waals surface area contributed by atoms with Gasteiger partial charge in [-0.25, -0.2) is 13.8 Å². The van der Waals surface area contributed by atoms with Gasteiger partial charge >= 0.3 is 6.29 Å². The minimum Gasteiger partial charge on any atom is -0.395 e. The zero-order valence-corrected chi connectivity index (χ0v) is 22.5. The zero-order valence-electron chi connectivity index (χ0n) is 22.5. The minimum atomic E-state index is -3.74. The molecule has 2 heterocycles. The van der Waals surface area contributed by atoms with Crippen molar-refractivity contribution in [2.75, 3.05) is 5.32 Å². The predicted molar refractivity (Wildman–Crippen MR) is 142 cm³/mol. The maximum absolute atomic E-state index is 13.6. The van der Waals surface area contributed by atoms with Crippen LogP contribution in [0.5, 0.6) is 11.5 Å². The molecule has 0 radical (unpaired) electrons. The zero-order chi connectivity index (χ0) is 28.4. The number of para-hydroxylation sites is 1. The van der Waals surface area contributed by atoms with E-state index in [1.54, 1.807) is 6.08 Å². The van der Waals surface area contributed by atoms with E-state index in [9.17, 15) is 17.6 Å². The average molecular weight is 524 g/mol. The third kappa shape index (κ3) is 10.5. The number of hydrogen-bond donors (Lipinski definition) is 1. The molecule has 0 aliphatic carbocycles. The molecule has 1 aromatic heterocycles. The standard InChI is InChI=1S/C18H11F4N3O2.C3H8.C3H6.2C2H6/c19-12-4-2-5-13(20)11(12)7-24-16-9-23-14(8-25-16)10-3-1-6-15-17(10)27-18(21,22)26-15;2*1-3-2;2*1-2/h1-6,8-9H,7H2,(H,24,25);3H2,1-2H3;3H,1H2,2H3;2*1-2H3. The Balaban J connectivity index is 0.00000114. The van der Waals surface area contributed by atoms with Gasteiger partial charge in [-0.3, -0.25) is 4.98 Å². The Bertz CT molecular complexity index is 1040. The van der Waals surface area contributed by atoms with Gasteiger partial charge in [-0.15, -0.1) is 15.4 Å². The molecule has 37 heavy (non-hydrogen) atoms. The van der Waals surface area contributed by atoms with Gasteiger partial charge in [0.1, 0.15) is 17.5 Å². The van der Waals surface area contributed by atoms with Gasteiger partial charge in [0.15, 0.2) is 11.5 Å². The number of nitrogens with one attached hydrogen (secondary N) is 1. The van der Waals surface area contributed by atoms with E-state index in [2.05, 4.69) is 45.2 Å². The van der Waals surface area contributed by atoms with E-state index in [-0.39, 0.29) is 40.7 Å². The third-order valence-electron chi connectivity index (χ3n) is 3.86. The van der Waals surface area contributed by atoms with E-state index in [4.69, 9.17) is 0 Å². The summed E-state index contributed by atoms with van der Waals surface area (Å²) in [5.41, 5.74) is 0.427. The molecule has 3 aromatic rings. The highest BCUT2D eigenvalue weighted by Crippen LogP contribution is 2.46. The molecule has 1 aliphatic rings. The molecule has 4 rings (SSSR count). The number of aromatic nitrogens is 2. The molecular weight excluding hydrogens is 486 g/mol. The van der Waals surface area contributed by atoms with Crippen molar-refractivity contribution >= 4 is 5.82 Å². The summed E-state index contributed by atoms with van der Waals surface area (Å²) in [5.74, 6) is -1.33. The van der Waals surface area contributed by atoms with E-state index in [0.717, 1.165) is 12.1 Å². The van der Waals surface area contributed by atoms with Crippen LogP contribution in [0.4, 0.5) is 23.4 Å². The van der Waals surface area contributed by atoms with Crippen molar-refractivity contribution in [3.8, 4) is 22.8 Å². The summed E-state index contributed by atoms with van der Waals surface area (Å²) >= 11 is 0. The molecule has 0 saturated heterocycles. The molecule has 0 spiro atoms. The van der Waals surface area contributed by atoms with Crippen molar-refractivity contribution in [3.63, 3.8) is 0 Å². The van der Waals surface area contributed by atoms with E-state index < -0.39 is 17.9 Å². The maximum atomic E-state index is 13.6. The first-order valence-electron chi connectivity index (χ1n) is 12.2.